The number of benzene rings is 2. The van der Waals surface area contributed by atoms with E-state index in [2.05, 4.69) is 17.5 Å². The average Bonchev–Trinajstić information content (AvgIpc) is 3.33. The van der Waals surface area contributed by atoms with Gasteiger partial charge in [-0.05, 0) is 35.6 Å². The molecule has 0 aliphatic carbocycles. The highest BCUT2D eigenvalue weighted by Gasteiger charge is 2.30. The van der Waals surface area contributed by atoms with Gasteiger partial charge >= 0.3 is 0 Å². The van der Waals surface area contributed by atoms with Crippen LogP contribution in [0.5, 0.6) is 11.5 Å². The van der Waals surface area contributed by atoms with Crippen LogP contribution >= 0.6 is 11.3 Å². The highest BCUT2D eigenvalue weighted by atomic mass is 32.1. The van der Waals surface area contributed by atoms with E-state index < -0.39 is 0 Å². The minimum atomic E-state index is -0.0702. The molecule has 0 spiro atoms. The molecule has 1 amide bonds. The normalized spacial score (nSPS) is 19.3. The molecule has 2 aliphatic rings. The number of fused-ring (bicyclic) bond motifs is 2. The van der Waals surface area contributed by atoms with Crippen molar-refractivity contribution >= 4 is 27.3 Å². The van der Waals surface area contributed by atoms with Crippen molar-refractivity contribution in [1.29, 1.82) is 0 Å². The van der Waals surface area contributed by atoms with Gasteiger partial charge in [-0.25, -0.2) is 0 Å². The Morgan fingerprint density at radius 1 is 1.21 bits per heavy atom. The maximum Gasteiger partial charge on any atom is 0.228 e. The topological polar surface area (TPSA) is 59.0 Å². The summed E-state index contributed by atoms with van der Waals surface area (Å²) in [5.41, 5.74) is 2.87. The Morgan fingerprint density at radius 3 is 2.96 bits per heavy atom. The summed E-state index contributed by atoms with van der Waals surface area (Å²) in [6.45, 7) is 2.47. The van der Waals surface area contributed by atoms with Crippen LogP contribution in [0.25, 0.3) is 21.2 Å². The zero-order chi connectivity index (χ0) is 19.1. The van der Waals surface area contributed by atoms with Crippen LogP contribution in [0, 0.1) is 5.92 Å². The van der Waals surface area contributed by atoms with E-state index in [-0.39, 0.29) is 17.6 Å². The molecular weight excluding hydrogens is 374 g/mol. The third kappa shape index (κ3) is 3.02. The van der Waals surface area contributed by atoms with E-state index in [1.165, 1.54) is 4.70 Å². The van der Waals surface area contributed by atoms with Crippen LogP contribution in [0.15, 0.2) is 41.8 Å². The van der Waals surface area contributed by atoms with Crippen LogP contribution in [0.2, 0.25) is 0 Å². The molecule has 1 saturated heterocycles. The number of carbonyl (C=O) groups excluding carboxylic acids is 1. The second-order valence-electron chi connectivity index (χ2n) is 7.30. The molecule has 0 radical (unpaired) electrons. The molecule has 5 rings (SSSR count). The summed E-state index contributed by atoms with van der Waals surface area (Å²) in [6, 6.07) is 12.0. The molecular formula is C22H21NO4S. The standard InChI is InChI=1S/C22H21NO4S/c24-19-10-15(18-13-28-20-4-2-1-3-17(18)20)9-16-11-23(6-8-27-21(16)19)22(25)14-5-7-26-12-14/h1-4,9-10,13-14,24H,5-8,11-12H2/t14-/m1/s1. The largest absolute Gasteiger partial charge is 0.504 e. The van der Waals surface area contributed by atoms with Gasteiger partial charge in [0.2, 0.25) is 5.91 Å². The summed E-state index contributed by atoms with van der Waals surface area (Å²) in [5.74, 6) is 0.654. The number of rotatable bonds is 2. The molecule has 1 N–H and O–H groups in total. The maximum absolute atomic E-state index is 12.9. The number of phenols is 1. The van der Waals surface area contributed by atoms with Gasteiger partial charge < -0.3 is 19.5 Å². The predicted molar refractivity (Wildman–Crippen MR) is 109 cm³/mol. The van der Waals surface area contributed by atoms with Gasteiger partial charge in [0.05, 0.1) is 19.1 Å². The zero-order valence-corrected chi connectivity index (χ0v) is 16.2. The Labute approximate surface area is 167 Å². The molecule has 144 valence electrons. The van der Waals surface area contributed by atoms with Crippen molar-refractivity contribution in [3.05, 3.63) is 47.3 Å². The molecule has 3 heterocycles. The van der Waals surface area contributed by atoms with Crippen LogP contribution in [-0.4, -0.2) is 42.3 Å². The van der Waals surface area contributed by atoms with E-state index in [1.807, 2.05) is 23.1 Å². The first-order valence-electron chi connectivity index (χ1n) is 9.52. The number of thiophene rings is 1. The van der Waals surface area contributed by atoms with Gasteiger partial charge in [0, 0.05) is 34.4 Å². The zero-order valence-electron chi connectivity index (χ0n) is 15.4. The molecule has 1 fully saturated rings. The lowest BCUT2D eigenvalue weighted by Crippen LogP contribution is -2.37. The SMILES string of the molecule is O=C([C@@H]1CCOC1)N1CCOc2c(O)cc(-c3csc4ccccc34)cc2C1. The van der Waals surface area contributed by atoms with E-state index in [1.54, 1.807) is 17.4 Å². The van der Waals surface area contributed by atoms with Crippen molar-refractivity contribution in [2.45, 2.75) is 13.0 Å². The number of amides is 1. The van der Waals surface area contributed by atoms with Gasteiger partial charge in [0.1, 0.15) is 6.61 Å². The molecule has 28 heavy (non-hydrogen) atoms. The highest BCUT2D eigenvalue weighted by Crippen LogP contribution is 2.41. The summed E-state index contributed by atoms with van der Waals surface area (Å²) in [6.07, 6.45) is 0.773. The summed E-state index contributed by atoms with van der Waals surface area (Å²) >= 11 is 1.69. The first-order valence-corrected chi connectivity index (χ1v) is 10.4. The summed E-state index contributed by atoms with van der Waals surface area (Å²) in [7, 11) is 0. The van der Waals surface area contributed by atoms with Gasteiger partial charge in [-0.3, -0.25) is 4.79 Å². The Hall–Kier alpha value is -2.57. The van der Waals surface area contributed by atoms with E-state index in [9.17, 15) is 9.90 Å². The van der Waals surface area contributed by atoms with Crippen LogP contribution in [0.4, 0.5) is 0 Å². The first kappa shape index (κ1) is 17.5. The molecule has 3 aromatic rings. The number of ether oxygens (including phenoxy) is 2. The number of phenolic OH excluding ortho intramolecular Hbond substituents is 1. The smallest absolute Gasteiger partial charge is 0.228 e. The Kier molecular flexibility index (Phi) is 4.45. The first-order chi connectivity index (χ1) is 13.7. The van der Waals surface area contributed by atoms with Crippen LogP contribution < -0.4 is 4.74 Å². The molecule has 1 atom stereocenters. The minimum Gasteiger partial charge on any atom is -0.504 e. The third-order valence-corrected chi connectivity index (χ3v) is 6.46. The van der Waals surface area contributed by atoms with Gasteiger partial charge in [-0.15, -0.1) is 11.3 Å². The number of nitrogens with zero attached hydrogens (tertiary/aromatic N) is 1. The maximum atomic E-state index is 12.9. The summed E-state index contributed by atoms with van der Waals surface area (Å²) in [4.78, 5) is 14.7. The number of aromatic hydroxyl groups is 1. The predicted octanol–water partition coefficient (Wildman–Crippen LogP) is 4.03. The lowest BCUT2D eigenvalue weighted by atomic mass is 10.0. The van der Waals surface area contributed by atoms with Gasteiger partial charge in [-0.2, -0.15) is 0 Å². The molecule has 0 saturated carbocycles. The fraction of sp³-hybridized carbons (Fsp3) is 0.318. The van der Waals surface area contributed by atoms with Crippen molar-refractivity contribution in [3.63, 3.8) is 0 Å². The molecule has 5 nitrogen and oxygen atoms in total. The van der Waals surface area contributed by atoms with Gasteiger partial charge in [0.25, 0.3) is 0 Å². The van der Waals surface area contributed by atoms with Crippen molar-refractivity contribution in [3.8, 4) is 22.6 Å². The fourth-order valence-corrected chi connectivity index (χ4v) is 5.00. The molecule has 2 aromatic carbocycles. The quantitative estimate of drug-likeness (QED) is 0.712. The van der Waals surface area contributed by atoms with E-state index in [0.717, 1.165) is 28.5 Å². The number of hydrogen-bond donors (Lipinski definition) is 1. The second kappa shape index (κ2) is 7.11. The van der Waals surface area contributed by atoms with E-state index in [0.29, 0.717) is 38.7 Å². The Bertz CT molecular complexity index is 1040. The van der Waals surface area contributed by atoms with Crippen molar-refractivity contribution in [1.82, 2.24) is 4.90 Å². The lowest BCUT2D eigenvalue weighted by Gasteiger charge is -2.23. The molecule has 6 heteroatoms. The van der Waals surface area contributed by atoms with Crippen molar-refractivity contribution in [2.75, 3.05) is 26.4 Å². The van der Waals surface area contributed by atoms with Gasteiger partial charge in [0.15, 0.2) is 11.5 Å². The molecule has 1 aromatic heterocycles. The van der Waals surface area contributed by atoms with Crippen LogP contribution in [-0.2, 0) is 16.1 Å². The summed E-state index contributed by atoms with van der Waals surface area (Å²) in [5, 5.41) is 13.9. The average molecular weight is 395 g/mol. The Morgan fingerprint density at radius 2 is 2.11 bits per heavy atom. The van der Waals surface area contributed by atoms with Crippen LogP contribution in [0.3, 0.4) is 0 Å². The monoisotopic (exact) mass is 395 g/mol. The third-order valence-electron chi connectivity index (χ3n) is 5.50. The number of hydrogen-bond acceptors (Lipinski definition) is 5. The van der Waals surface area contributed by atoms with E-state index in [4.69, 9.17) is 9.47 Å². The minimum absolute atomic E-state index is 0.0702. The molecule has 0 bridgehead atoms. The van der Waals surface area contributed by atoms with Gasteiger partial charge in [-0.1, -0.05) is 18.2 Å². The lowest BCUT2D eigenvalue weighted by molar-refractivity contribution is -0.136. The highest BCUT2D eigenvalue weighted by molar-refractivity contribution is 7.17. The number of carbonyl (C=O) groups is 1. The molecule has 0 unspecified atom stereocenters. The molecule has 2 aliphatic heterocycles. The van der Waals surface area contributed by atoms with E-state index >= 15 is 0 Å². The van der Waals surface area contributed by atoms with Crippen LogP contribution in [0.1, 0.15) is 12.0 Å². The summed E-state index contributed by atoms with van der Waals surface area (Å²) < 4.78 is 12.4. The Balaban J connectivity index is 1.52. The fourth-order valence-electron chi connectivity index (χ4n) is 4.03. The van der Waals surface area contributed by atoms with Crippen molar-refractivity contribution in [2.24, 2.45) is 5.92 Å². The van der Waals surface area contributed by atoms with Crippen molar-refractivity contribution < 1.29 is 19.4 Å². The second-order valence-corrected chi connectivity index (χ2v) is 8.21.